The minimum absolute atomic E-state index is 0. The van der Waals surface area contributed by atoms with Crippen molar-refractivity contribution < 1.29 is 14.3 Å². The first-order valence-electron chi connectivity index (χ1n) is 8.49. The summed E-state index contributed by atoms with van der Waals surface area (Å²) in [5, 5.41) is 2.66. The number of carbonyl (C=O) groups is 2. The van der Waals surface area contributed by atoms with E-state index in [1.165, 1.54) is 11.3 Å². The minimum Gasteiger partial charge on any atom is -0.497 e. The molecule has 1 aliphatic rings. The maximum absolute atomic E-state index is 12.6. The summed E-state index contributed by atoms with van der Waals surface area (Å²) in [5.74, 6) is 0.606. The zero-order valence-electron chi connectivity index (χ0n) is 15.1. The minimum atomic E-state index is -0.0823. The van der Waals surface area contributed by atoms with Gasteiger partial charge in [0.25, 0.3) is 11.8 Å². The molecule has 9 heteroatoms. The van der Waals surface area contributed by atoms with Crippen LogP contribution in [-0.2, 0) is 6.42 Å². The molecule has 3 rings (SSSR count). The second-order valence-electron chi connectivity index (χ2n) is 5.98. The Hall–Kier alpha value is -2.16. The van der Waals surface area contributed by atoms with Crippen LogP contribution in [0, 0.1) is 0 Å². The Balaban J connectivity index is 0.00000261. The summed E-state index contributed by atoms with van der Waals surface area (Å²) in [6, 6.07) is 7.06. The lowest BCUT2D eigenvalue weighted by Gasteiger charge is -2.34. The average molecular weight is 411 g/mol. The van der Waals surface area contributed by atoms with Crippen LogP contribution in [0.2, 0.25) is 0 Å². The Morgan fingerprint density at radius 3 is 2.26 bits per heavy atom. The largest absolute Gasteiger partial charge is 0.497 e. The molecule has 2 heterocycles. The van der Waals surface area contributed by atoms with Crippen LogP contribution >= 0.6 is 23.7 Å². The van der Waals surface area contributed by atoms with E-state index in [0.29, 0.717) is 56.2 Å². The molecule has 2 aromatic rings. The van der Waals surface area contributed by atoms with Crippen LogP contribution in [0.15, 0.2) is 29.6 Å². The maximum Gasteiger partial charge on any atom is 0.273 e. The van der Waals surface area contributed by atoms with Crippen molar-refractivity contribution in [1.82, 2.24) is 14.8 Å². The summed E-state index contributed by atoms with van der Waals surface area (Å²) in [5.41, 5.74) is 6.61. The van der Waals surface area contributed by atoms with Gasteiger partial charge in [0.2, 0.25) is 0 Å². The topological polar surface area (TPSA) is 88.8 Å². The molecule has 2 N–H and O–H groups in total. The number of methoxy groups -OCH3 is 1. The Bertz CT molecular complexity index is 773. The van der Waals surface area contributed by atoms with E-state index in [1.54, 1.807) is 46.6 Å². The quantitative estimate of drug-likeness (QED) is 0.809. The lowest BCUT2D eigenvalue weighted by atomic mass is 10.1. The number of aromatic nitrogens is 1. The van der Waals surface area contributed by atoms with Gasteiger partial charge >= 0.3 is 0 Å². The molecular weight excluding hydrogens is 388 g/mol. The van der Waals surface area contributed by atoms with Crippen molar-refractivity contribution in [3.8, 4) is 5.75 Å². The van der Waals surface area contributed by atoms with Gasteiger partial charge in [0.05, 0.1) is 12.1 Å². The molecule has 0 aliphatic carbocycles. The number of hydrogen-bond donors (Lipinski definition) is 1. The Morgan fingerprint density at radius 2 is 1.70 bits per heavy atom. The maximum atomic E-state index is 12.6. The lowest BCUT2D eigenvalue weighted by Crippen LogP contribution is -2.50. The fraction of sp³-hybridized carbons (Fsp3) is 0.389. The highest BCUT2D eigenvalue weighted by atomic mass is 35.5. The average Bonchev–Trinajstić information content (AvgIpc) is 3.16. The molecule has 1 aromatic carbocycles. The number of piperazine rings is 1. The van der Waals surface area contributed by atoms with E-state index in [4.69, 9.17) is 10.5 Å². The molecular formula is C18H23ClN4O3S. The number of nitrogens with zero attached hydrogens (tertiary/aromatic N) is 3. The number of halogens is 1. The Kier molecular flexibility index (Phi) is 7.58. The normalized spacial score (nSPS) is 13.9. The van der Waals surface area contributed by atoms with Gasteiger partial charge in [-0.2, -0.15) is 0 Å². The molecule has 7 nitrogen and oxygen atoms in total. The van der Waals surface area contributed by atoms with E-state index in [0.717, 1.165) is 5.01 Å². The number of benzene rings is 1. The fourth-order valence-corrected chi connectivity index (χ4v) is 3.63. The molecule has 146 valence electrons. The van der Waals surface area contributed by atoms with E-state index in [-0.39, 0.29) is 24.2 Å². The van der Waals surface area contributed by atoms with Gasteiger partial charge in [-0.3, -0.25) is 9.59 Å². The molecule has 1 aromatic heterocycles. The SMILES string of the molecule is COc1ccc(C(=O)N2CCN(C(=O)c3csc(CCN)n3)CC2)cc1.Cl. The van der Waals surface area contributed by atoms with Crippen molar-refractivity contribution >= 4 is 35.6 Å². The summed E-state index contributed by atoms with van der Waals surface area (Å²) in [7, 11) is 1.59. The second kappa shape index (κ2) is 9.68. The number of thiazole rings is 1. The van der Waals surface area contributed by atoms with Crippen molar-refractivity contribution in [2.45, 2.75) is 6.42 Å². The standard InChI is InChI=1S/C18H22N4O3S.ClH/c1-25-14-4-2-13(3-5-14)17(23)21-8-10-22(11-9-21)18(24)15-12-26-16(20-15)6-7-19;/h2-5,12H,6-11,19H2,1H3;1H. The number of hydrogen-bond acceptors (Lipinski definition) is 6. The van der Waals surface area contributed by atoms with Crippen molar-refractivity contribution in [1.29, 1.82) is 0 Å². The smallest absolute Gasteiger partial charge is 0.273 e. The van der Waals surface area contributed by atoms with Gasteiger partial charge in [-0.15, -0.1) is 23.7 Å². The van der Waals surface area contributed by atoms with Gasteiger partial charge in [0.15, 0.2) is 0 Å². The third kappa shape index (κ3) is 4.97. The highest BCUT2D eigenvalue weighted by molar-refractivity contribution is 7.09. The predicted molar refractivity (Wildman–Crippen MR) is 107 cm³/mol. The summed E-state index contributed by atoms with van der Waals surface area (Å²) in [6.07, 6.45) is 0.683. The second-order valence-corrected chi connectivity index (χ2v) is 6.92. The number of ether oxygens (including phenoxy) is 1. The van der Waals surface area contributed by atoms with Crippen molar-refractivity contribution in [3.05, 3.63) is 45.9 Å². The van der Waals surface area contributed by atoms with Gasteiger partial charge in [-0.1, -0.05) is 0 Å². The highest BCUT2D eigenvalue weighted by Gasteiger charge is 2.26. The van der Waals surface area contributed by atoms with Crippen LogP contribution in [0.5, 0.6) is 5.75 Å². The third-order valence-corrected chi connectivity index (χ3v) is 5.23. The molecule has 0 spiro atoms. The number of nitrogens with two attached hydrogens (primary N) is 1. The van der Waals surface area contributed by atoms with E-state index < -0.39 is 0 Å². The van der Waals surface area contributed by atoms with Gasteiger partial charge in [0, 0.05) is 43.5 Å². The highest BCUT2D eigenvalue weighted by Crippen LogP contribution is 2.16. The first kappa shape index (κ1) is 21.1. The molecule has 1 aliphatic heterocycles. The number of amides is 2. The van der Waals surface area contributed by atoms with E-state index in [9.17, 15) is 9.59 Å². The molecule has 0 bridgehead atoms. The molecule has 0 saturated carbocycles. The zero-order chi connectivity index (χ0) is 18.5. The zero-order valence-corrected chi connectivity index (χ0v) is 16.7. The van der Waals surface area contributed by atoms with Gasteiger partial charge in [-0.05, 0) is 30.8 Å². The van der Waals surface area contributed by atoms with Crippen LogP contribution in [0.4, 0.5) is 0 Å². The summed E-state index contributed by atoms with van der Waals surface area (Å²) >= 11 is 1.46. The Morgan fingerprint density at radius 1 is 1.11 bits per heavy atom. The monoisotopic (exact) mass is 410 g/mol. The molecule has 0 atom stereocenters. The van der Waals surface area contributed by atoms with Crippen molar-refractivity contribution in [2.24, 2.45) is 5.73 Å². The molecule has 1 saturated heterocycles. The van der Waals surface area contributed by atoms with Gasteiger partial charge < -0.3 is 20.3 Å². The van der Waals surface area contributed by atoms with Crippen LogP contribution in [0.3, 0.4) is 0 Å². The van der Waals surface area contributed by atoms with Crippen molar-refractivity contribution in [2.75, 3.05) is 39.8 Å². The van der Waals surface area contributed by atoms with E-state index in [2.05, 4.69) is 4.98 Å². The molecule has 2 amide bonds. The van der Waals surface area contributed by atoms with Crippen LogP contribution in [0.25, 0.3) is 0 Å². The summed E-state index contributed by atoms with van der Waals surface area (Å²) < 4.78 is 5.11. The Labute approximate surface area is 168 Å². The molecule has 1 fully saturated rings. The third-order valence-electron chi connectivity index (χ3n) is 4.32. The molecule has 27 heavy (non-hydrogen) atoms. The predicted octanol–water partition coefficient (Wildman–Crippen LogP) is 1.67. The first-order chi connectivity index (χ1) is 12.6. The number of carbonyl (C=O) groups excluding carboxylic acids is 2. The first-order valence-corrected chi connectivity index (χ1v) is 9.37. The van der Waals surface area contributed by atoms with E-state index in [1.807, 2.05) is 0 Å². The van der Waals surface area contributed by atoms with Crippen LogP contribution in [-0.4, -0.2) is 66.4 Å². The fourth-order valence-electron chi connectivity index (χ4n) is 2.84. The lowest BCUT2D eigenvalue weighted by molar-refractivity contribution is 0.0532. The number of rotatable bonds is 5. The molecule has 0 unspecified atom stereocenters. The van der Waals surface area contributed by atoms with Gasteiger partial charge in [-0.25, -0.2) is 4.98 Å². The van der Waals surface area contributed by atoms with Gasteiger partial charge in [0.1, 0.15) is 11.4 Å². The summed E-state index contributed by atoms with van der Waals surface area (Å²) in [6.45, 7) is 2.55. The molecule has 0 radical (unpaired) electrons. The van der Waals surface area contributed by atoms with Crippen LogP contribution in [0.1, 0.15) is 25.9 Å². The van der Waals surface area contributed by atoms with E-state index >= 15 is 0 Å². The van der Waals surface area contributed by atoms with Crippen LogP contribution < -0.4 is 10.5 Å². The summed E-state index contributed by atoms with van der Waals surface area (Å²) in [4.78, 5) is 33.0. The van der Waals surface area contributed by atoms with Crippen molar-refractivity contribution in [3.63, 3.8) is 0 Å².